The van der Waals surface area contributed by atoms with Gasteiger partial charge in [0.1, 0.15) is 12.6 Å². The molecule has 1 N–H and O–H groups in total. The summed E-state index contributed by atoms with van der Waals surface area (Å²) in [5.41, 5.74) is -0.704. The standard InChI is InChI=1S/C25H31ClF3N3O4S/c1-17(2)15-30-24(34)18(3)31(13-12-19-8-6-5-7-9-19)23(33)16-32(37(4,35)36)20-10-11-22(26)21(14-20)25(27,28)29/h5-11,14,17-18H,12-13,15-16H2,1-4H3,(H,30,34). The Hall–Kier alpha value is -2.79. The monoisotopic (exact) mass is 561 g/mol. The van der Waals surface area contributed by atoms with Crippen molar-refractivity contribution in [1.29, 1.82) is 0 Å². The number of sulfonamides is 1. The summed E-state index contributed by atoms with van der Waals surface area (Å²) in [6.07, 6.45) is -3.66. The predicted molar refractivity (Wildman–Crippen MR) is 138 cm³/mol. The highest BCUT2D eigenvalue weighted by molar-refractivity contribution is 7.92. The number of amides is 2. The van der Waals surface area contributed by atoms with Gasteiger partial charge in [-0.2, -0.15) is 13.2 Å². The van der Waals surface area contributed by atoms with Crippen molar-refractivity contribution in [2.45, 2.75) is 39.4 Å². The zero-order valence-electron chi connectivity index (χ0n) is 21.0. The van der Waals surface area contributed by atoms with E-state index in [0.29, 0.717) is 23.3 Å². The third-order valence-electron chi connectivity index (χ3n) is 5.56. The van der Waals surface area contributed by atoms with Crippen LogP contribution in [0.3, 0.4) is 0 Å². The lowest BCUT2D eigenvalue weighted by Crippen LogP contribution is -2.52. The normalized spacial score (nSPS) is 12.8. The van der Waals surface area contributed by atoms with Gasteiger partial charge in [0.15, 0.2) is 0 Å². The highest BCUT2D eigenvalue weighted by Gasteiger charge is 2.35. The van der Waals surface area contributed by atoms with E-state index in [-0.39, 0.29) is 18.2 Å². The molecule has 0 radical (unpaired) electrons. The minimum Gasteiger partial charge on any atom is -0.354 e. The fourth-order valence-electron chi connectivity index (χ4n) is 3.52. The number of alkyl halides is 3. The maximum Gasteiger partial charge on any atom is 0.417 e. The molecular weight excluding hydrogens is 531 g/mol. The number of rotatable bonds is 11. The molecule has 1 atom stereocenters. The van der Waals surface area contributed by atoms with Crippen molar-refractivity contribution in [3.05, 3.63) is 64.7 Å². The maximum absolute atomic E-state index is 13.4. The van der Waals surface area contributed by atoms with Gasteiger partial charge in [-0.25, -0.2) is 8.42 Å². The van der Waals surface area contributed by atoms with Crippen LogP contribution < -0.4 is 9.62 Å². The van der Waals surface area contributed by atoms with Gasteiger partial charge in [-0.1, -0.05) is 55.8 Å². The summed E-state index contributed by atoms with van der Waals surface area (Å²) in [6.45, 7) is 5.01. The van der Waals surface area contributed by atoms with E-state index in [0.717, 1.165) is 24.0 Å². The summed E-state index contributed by atoms with van der Waals surface area (Å²) in [5, 5.41) is 2.16. The zero-order valence-corrected chi connectivity index (χ0v) is 22.6. The van der Waals surface area contributed by atoms with Gasteiger partial charge in [0.2, 0.25) is 21.8 Å². The first kappa shape index (κ1) is 30.4. The van der Waals surface area contributed by atoms with Crippen molar-refractivity contribution in [2.24, 2.45) is 5.92 Å². The van der Waals surface area contributed by atoms with Crippen molar-refractivity contribution in [1.82, 2.24) is 10.2 Å². The van der Waals surface area contributed by atoms with E-state index < -0.39 is 51.2 Å². The molecule has 0 saturated carbocycles. The fraction of sp³-hybridized carbons (Fsp3) is 0.440. The van der Waals surface area contributed by atoms with Gasteiger partial charge in [0, 0.05) is 13.1 Å². The molecule has 2 rings (SSSR count). The lowest BCUT2D eigenvalue weighted by atomic mass is 10.1. The molecule has 2 aromatic rings. The van der Waals surface area contributed by atoms with Crippen molar-refractivity contribution in [2.75, 3.05) is 30.2 Å². The summed E-state index contributed by atoms with van der Waals surface area (Å²) < 4.78 is 65.9. The molecule has 0 fully saturated rings. The largest absolute Gasteiger partial charge is 0.417 e. The van der Waals surface area contributed by atoms with E-state index in [1.165, 1.54) is 11.8 Å². The van der Waals surface area contributed by atoms with Gasteiger partial charge >= 0.3 is 6.18 Å². The van der Waals surface area contributed by atoms with E-state index in [9.17, 15) is 31.2 Å². The molecule has 12 heteroatoms. The number of halogens is 4. The third-order valence-corrected chi connectivity index (χ3v) is 7.03. The molecule has 0 saturated heterocycles. The van der Waals surface area contributed by atoms with Crippen LogP contribution in [0.25, 0.3) is 0 Å². The van der Waals surface area contributed by atoms with E-state index in [1.54, 1.807) is 0 Å². The number of carbonyl (C=O) groups is 2. The molecule has 37 heavy (non-hydrogen) atoms. The number of nitrogens with zero attached hydrogens (tertiary/aromatic N) is 2. The predicted octanol–water partition coefficient (Wildman–Crippen LogP) is 4.36. The second-order valence-electron chi connectivity index (χ2n) is 9.07. The van der Waals surface area contributed by atoms with E-state index >= 15 is 0 Å². The molecule has 7 nitrogen and oxygen atoms in total. The molecule has 0 aliphatic heterocycles. The Morgan fingerprint density at radius 1 is 1.05 bits per heavy atom. The van der Waals surface area contributed by atoms with Gasteiger partial charge in [0.05, 0.1) is 22.5 Å². The molecule has 0 bridgehead atoms. The van der Waals surface area contributed by atoms with Gasteiger partial charge in [-0.05, 0) is 43.0 Å². The Kier molecular flexibility index (Phi) is 10.4. The SMILES string of the molecule is CC(C)CNC(=O)C(C)N(CCc1ccccc1)C(=O)CN(c1ccc(Cl)c(C(F)(F)F)c1)S(C)(=O)=O. The summed E-state index contributed by atoms with van der Waals surface area (Å²) in [7, 11) is -4.18. The van der Waals surface area contributed by atoms with Crippen LogP contribution >= 0.6 is 11.6 Å². The Balaban J connectivity index is 2.39. The molecule has 2 amide bonds. The van der Waals surface area contributed by atoms with Crippen LogP contribution in [0.2, 0.25) is 5.02 Å². The van der Waals surface area contributed by atoms with Crippen LogP contribution in [0.15, 0.2) is 48.5 Å². The Labute approximate surface area is 220 Å². The molecule has 0 heterocycles. The van der Waals surface area contributed by atoms with Crippen LogP contribution in [0.1, 0.15) is 31.9 Å². The molecular formula is C25H31ClF3N3O4S. The van der Waals surface area contributed by atoms with Gasteiger partial charge in [0.25, 0.3) is 0 Å². The number of anilines is 1. The second-order valence-corrected chi connectivity index (χ2v) is 11.4. The average Bonchev–Trinajstić information content (AvgIpc) is 2.80. The van der Waals surface area contributed by atoms with Gasteiger partial charge < -0.3 is 10.2 Å². The first-order valence-electron chi connectivity index (χ1n) is 11.6. The summed E-state index contributed by atoms with van der Waals surface area (Å²) >= 11 is 5.68. The molecule has 0 aliphatic carbocycles. The minimum atomic E-state index is -4.83. The number of carbonyl (C=O) groups excluding carboxylic acids is 2. The highest BCUT2D eigenvalue weighted by atomic mass is 35.5. The average molecular weight is 562 g/mol. The van der Waals surface area contributed by atoms with Gasteiger partial charge in [-0.3, -0.25) is 13.9 Å². The van der Waals surface area contributed by atoms with Gasteiger partial charge in [-0.15, -0.1) is 0 Å². The molecule has 2 aromatic carbocycles. The van der Waals surface area contributed by atoms with Crippen LogP contribution in [0, 0.1) is 5.92 Å². The summed E-state index contributed by atoms with van der Waals surface area (Å²) in [4.78, 5) is 27.4. The molecule has 0 aromatic heterocycles. The summed E-state index contributed by atoms with van der Waals surface area (Å²) in [5.74, 6) is -0.998. The topological polar surface area (TPSA) is 86.8 Å². The van der Waals surface area contributed by atoms with Crippen molar-refractivity contribution in [3.8, 4) is 0 Å². The molecule has 204 valence electrons. The van der Waals surface area contributed by atoms with Crippen molar-refractivity contribution < 1.29 is 31.2 Å². The number of hydrogen-bond acceptors (Lipinski definition) is 4. The van der Waals surface area contributed by atoms with Crippen molar-refractivity contribution in [3.63, 3.8) is 0 Å². The third kappa shape index (κ3) is 8.92. The Morgan fingerprint density at radius 2 is 1.68 bits per heavy atom. The highest BCUT2D eigenvalue weighted by Crippen LogP contribution is 2.37. The second kappa shape index (κ2) is 12.6. The lowest BCUT2D eigenvalue weighted by molar-refractivity contribution is -0.138. The maximum atomic E-state index is 13.4. The van der Waals surface area contributed by atoms with Crippen LogP contribution in [-0.4, -0.2) is 57.1 Å². The quantitative estimate of drug-likeness (QED) is 0.442. The Bertz CT molecular complexity index is 1190. The van der Waals surface area contributed by atoms with Crippen LogP contribution in [-0.2, 0) is 32.2 Å². The van der Waals surface area contributed by atoms with E-state index in [2.05, 4.69) is 5.32 Å². The number of nitrogens with one attached hydrogen (secondary N) is 1. The molecule has 1 unspecified atom stereocenters. The van der Waals surface area contributed by atoms with Crippen LogP contribution in [0.5, 0.6) is 0 Å². The number of benzene rings is 2. The zero-order chi connectivity index (χ0) is 28.0. The first-order valence-corrected chi connectivity index (χ1v) is 13.8. The first-order chi connectivity index (χ1) is 17.1. The molecule has 0 aliphatic rings. The van der Waals surface area contributed by atoms with Crippen LogP contribution in [0.4, 0.5) is 18.9 Å². The van der Waals surface area contributed by atoms with Crippen molar-refractivity contribution >= 4 is 39.1 Å². The van der Waals surface area contributed by atoms with E-state index in [1.807, 2.05) is 44.2 Å². The Morgan fingerprint density at radius 3 is 2.22 bits per heavy atom. The summed E-state index contributed by atoms with van der Waals surface area (Å²) in [6, 6.07) is 10.8. The minimum absolute atomic E-state index is 0.0884. The fourth-order valence-corrected chi connectivity index (χ4v) is 4.59. The smallest absolute Gasteiger partial charge is 0.354 e. The molecule has 0 spiro atoms. The lowest BCUT2D eigenvalue weighted by Gasteiger charge is -2.31. The van der Waals surface area contributed by atoms with E-state index in [4.69, 9.17) is 11.6 Å². The number of hydrogen-bond donors (Lipinski definition) is 1.